The van der Waals surface area contributed by atoms with Gasteiger partial charge in [0.15, 0.2) is 5.56 Å². The van der Waals surface area contributed by atoms with Gasteiger partial charge < -0.3 is 0 Å². The number of allylic oxidation sites excluding steroid dienone is 2. The summed E-state index contributed by atoms with van der Waals surface area (Å²) in [7, 11) is 0. The fraction of sp³-hybridized carbons (Fsp3) is 0. The average Bonchev–Trinajstić information content (AvgIpc) is 3.11. The van der Waals surface area contributed by atoms with Crippen LogP contribution < -0.4 is 0 Å². The summed E-state index contributed by atoms with van der Waals surface area (Å²) in [4.78, 5) is 91.2. The Morgan fingerprint density at radius 1 is 0.342 bits per heavy atom. The van der Waals surface area contributed by atoms with Crippen LogP contribution in [0.2, 0.25) is 0 Å². The molecule has 0 saturated heterocycles. The van der Waals surface area contributed by atoms with Gasteiger partial charge in [0, 0.05) is 0 Å². The number of nitrogens with zero attached hydrogens (tertiary/aromatic N) is 8. The lowest BCUT2D eigenvalue weighted by atomic mass is 9.88. The van der Waals surface area contributed by atoms with Crippen molar-refractivity contribution < 1.29 is 44.2 Å². The van der Waals surface area contributed by atoms with Gasteiger partial charge in [-0.2, -0.15) is 0 Å². The van der Waals surface area contributed by atoms with E-state index in [4.69, 9.17) is 0 Å². The summed E-state index contributed by atoms with van der Waals surface area (Å²) < 4.78 is 0. The van der Waals surface area contributed by atoms with Crippen LogP contribution in [0.25, 0.3) is 11.3 Å². The molecule has 0 bridgehead atoms. The first-order valence-electron chi connectivity index (χ1n) is 8.66. The fourth-order valence-corrected chi connectivity index (χ4v) is 3.86. The number of carbonyl (C=O) groups excluding carboxylic acids is 1. The molecule has 0 aromatic heterocycles. The topological polar surface area (TPSA) is 362 Å². The van der Waals surface area contributed by atoms with Crippen LogP contribution in [0.4, 0.5) is 22.7 Å². The molecule has 194 valence electrons. The first-order valence-corrected chi connectivity index (χ1v) is 8.66. The monoisotopic (exact) mass is 540 g/mol. The zero-order valence-corrected chi connectivity index (χ0v) is 17.0. The minimum Gasteiger partial charge on any atom is -0.281 e. The Kier molecular flexibility index (Phi) is 5.60. The van der Waals surface area contributed by atoms with Crippen molar-refractivity contribution in [1.82, 2.24) is 0 Å². The highest BCUT2D eigenvalue weighted by Gasteiger charge is 2.64. The normalized spacial score (nSPS) is 14.2. The van der Waals surface area contributed by atoms with Crippen LogP contribution >= 0.6 is 0 Å². The third-order valence-electron chi connectivity index (χ3n) is 4.96. The molecule has 0 N–H and O–H groups in total. The van der Waals surface area contributed by atoms with E-state index in [1.807, 2.05) is 0 Å². The quantitative estimate of drug-likeness (QED) is 0.322. The van der Waals surface area contributed by atoms with Crippen LogP contribution in [0.5, 0.6) is 0 Å². The predicted octanol–water partition coefficient (Wildman–Crippen LogP) is 0.656. The van der Waals surface area contributed by atoms with Crippen molar-refractivity contribution in [1.29, 1.82) is 0 Å². The van der Waals surface area contributed by atoms with Gasteiger partial charge in [-0.15, -0.1) is 0 Å². The number of fused-ring (bicyclic) bond motifs is 3. The maximum atomic E-state index is 12.9. The maximum absolute atomic E-state index is 12.9. The van der Waals surface area contributed by atoms with Gasteiger partial charge in [0.2, 0.25) is 0 Å². The second kappa shape index (κ2) is 8.21. The Morgan fingerprint density at radius 3 is 1.00 bits per heavy atom. The van der Waals surface area contributed by atoms with Crippen molar-refractivity contribution in [3.63, 3.8) is 0 Å². The van der Waals surface area contributed by atoms with Gasteiger partial charge in [-0.25, -0.2) is 0 Å². The van der Waals surface area contributed by atoms with Gasteiger partial charge >= 0.3 is 39.8 Å². The molecular weight excluding hydrogens is 540 g/mol. The molecule has 0 saturated carbocycles. The summed E-state index contributed by atoms with van der Waals surface area (Å²) in [5.41, 5.74) is -25.5. The summed E-state index contributed by atoms with van der Waals surface area (Å²) in [6.45, 7) is 0. The number of carbonyl (C=O) groups is 1. The molecule has 2 aliphatic carbocycles. The third-order valence-corrected chi connectivity index (χ3v) is 4.96. The highest BCUT2D eigenvalue weighted by Crippen LogP contribution is 2.59. The Labute approximate surface area is 199 Å². The first-order chi connectivity index (χ1) is 17.5. The van der Waals surface area contributed by atoms with Crippen LogP contribution in [0.15, 0.2) is 22.7 Å². The first kappa shape index (κ1) is 25.9. The molecule has 1 aromatic carbocycles. The smallest absolute Gasteiger partial charge is 0.281 e. The number of nitro groups is 8. The van der Waals surface area contributed by atoms with Crippen LogP contribution in [0.3, 0.4) is 0 Å². The second-order valence-corrected chi connectivity index (χ2v) is 6.67. The van der Waals surface area contributed by atoms with Crippen molar-refractivity contribution in [3.05, 3.63) is 115 Å². The Balaban J connectivity index is 2.96. The molecule has 0 unspecified atom stereocenters. The lowest BCUT2D eigenvalue weighted by Crippen LogP contribution is -2.28. The number of nitro benzene ring substituents is 4. The molecule has 3 rings (SSSR count). The van der Waals surface area contributed by atoms with Crippen LogP contribution in [0, 0.1) is 80.9 Å². The molecule has 2 aliphatic rings. The number of Topliss-reactive ketones (excluding diaryl/α,β-unsaturated/α-hetero) is 1. The maximum Gasteiger partial charge on any atom is 0.430 e. The second-order valence-electron chi connectivity index (χ2n) is 6.67. The van der Waals surface area contributed by atoms with E-state index in [0.717, 1.165) is 0 Å². The molecule has 1 aromatic rings. The molecule has 25 heteroatoms. The van der Waals surface area contributed by atoms with E-state index in [1.165, 1.54) is 0 Å². The molecule has 38 heavy (non-hydrogen) atoms. The molecule has 0 amide bonds. The van der Waals surface area contributed by atoms with Gasteiger partial charge in [-0.3, -0.25) is 85.7 Å². The highest BCUT2D eigenvalue weighted by atomic mass is 16.7. The number of hydrogen-bond donors (Lipinski definition) is 0. The van der Waals surface area contributed by atoms with E-state index in [0.29, 0.717) is 0 Å². The zero-order chi connectivity index (χ0) is 29.1. The average molecular weight is 540 g/mol. The van der Waals surface area contributed by atoms with E-state index < -0.39 is 113 Å². The van der Waals surface area contributed by atoms with Crippen LogP contribution in [0.1, 0.15) is 11.1 Å². The van der Waals surface area contributed by atoms with Gasteiger partial charge in [-0.1, -0.05) is 0 Å². The zero-order valence-electron chi connectivity index (χ0n) is 17.0. The van der Waals surface area contributed by atoms with E-state index >= 15 is 0 Å². The summed E-state index contributed by atoms with van der Waals surface area (Å²) in [5, 5.41) is 93.3. The summed E-state index contributed by atoms with van der Waals surface area (Å²) in [5.74, 6) is -2.38. The lowest BCUT2D eigenvalue weighted by Gasteiger charge is -2.10. The Hall–Kier alpha value is -6.69. The summed E-state index contributed by atoms with van der Waals surface area (Å²) >= 11 is 0. The Bertz CT molecular complexity index is 1640. The van der Waals surface area contributed by atoms with Crippen molar-refractivity contribution in [3.8, 4) is 0 Å². The summed E-state index contributed by atoms with van der Waals surface area (Å²) in [6, 6.07) is 0. The number of benzene rings is 1. The molecule has 0 radical (unpaired) electrons. The summed E-state index contributed by atoms with van der Waals surface area (Å²) in [6.07, 6.45) is 0. The molecular formula is C13N8O17. The Morgan fingerprint density at radius 2 is 0.684 bits per heavy atom. The van der Waals surface area contributed by atoms with E-state index in [9.17, 15) is 85.7 Å². The molecule has 25 nitrogen and oxygen atoms in total. The van der Waals surface area contributed by atoms with Crippen LogP contribution in [-0.2, 0) is 4.79 Å². The fourth-order valence-electron chi connectivity index (χ4n) is 3.86. The molecule has 0 spiro atoms. The number of hydrogen-bond acceptors (Lipinski definition) is 17. The standard InChI is InChI=1S/C13N8O17/c22-13-4-2(7(16(27)28)11(20(35)36)12(13)21(37)38)1-3(5(4)14(23)24)8(17(29)30)10(19(33)34)9(18(31)32)6(1)15(25)26. The largest absolute Gasteiger partial charge is 0.430 e. The van der Waals surface area contributed by atoms with Crippen molar-refractivity contribution >= 4 is 39.8 Å². The molecule has 0 aliphatic heterocycles. The highest BCUT2D eigenvalue weighted by molar-refractivity contribution is 6.29. The van der Waals surface area contributed by atoms with Crippen molar-refractivity contribution in [2.75, 3.05) is 0 Å². The van der Waals surface area contributed by atoms with Gasteiger partial charge in [-0.05, 0) is 0 Å². The van der Waals surface area contributed by atoms with Gasteiger partial charge in [0.05, 0.1) is 50.5 Å². The minimum absolute atomic E-state index is 1.79. The lowest BCUT2D eigenvalue weighted by molar-refractivity contribution is -0.498. The van der Waals surface area contributed by atoms with E-state index in [-0.39, 0.29) is 0 Å². The van der Waals surface area contributed by atoms with E-state index in [1.54, 1.807) is 0 Å². The number of ketones is 1. The van der Waals surface area contributed by atoms with Gasteiger partial charge in [0.25, 0.3) is 11.5 Å². The minimum atomic E-state index is -2.38. The van der Waals surface area contributed by atoms with E-state index in [2.05, 4.69) is 0 Å². The van der Waals surface area contributed by atoms with Crippen LogP contribution in [-0.4, -0.2) is 45.2 Å². The predicted molar refractivity (Wildman–Crippen MR) is 107 cm³/mol. The third kappa shape index (κ3) is 3.23. The SMILES string of the molecule is O=C1C2=C([N+](=O)[O-])c3c(c([N+](=O)[O-])c([N+](=O)[O-])c([N+](=O)[O-])c3[N+](=O)[O-])C2=C([N+](=O)[O-])C([N+](=O)[O-])=C1[N+](=O)[O-]. The molecule has 0 heterocycles. The molecule has 0 atom stereocenters. The van der Waals surface area contributed by atoms with Crippen molar-refractivity contribution in [2.45, 2.75) is 0 Å². The number of rotatable bonds is 8. The molecule has 0 fully saturated rings. The van der Waals surface area contributed by atoms with Gasteiger partial charge in [0.1, 0.15) is 5.57 Å². The van der Waals surface area contributed by atoms with Crippen molar-refractivity contribution in [2.24, 2.45) is 0 Å².